The van der Waals surface area contributed by atoms with Crippen LogP contribution in [0.2, 0.25) is 0 Å². The maximum absolute atomic E-state index is 12.5. The summed E-state index contributed by atoms with van der Waals surface area (Å²) in [4.78, 5) is 32.2. The summed E-state index contributed by atoms with van der Waals surface area (Å²) >= 11 is 0. The Morgan fingerprint density at radius 1 is 1.08 bits per heavy atom. The second kappa shape index (κ2) is 8.32. The minimum absolute atomic E-state index is 0.297. The highest BCUT2D eigenvalue weighted by Gasteiger charge is 2.22. The van der Waals surface area contributed by atoms with Crippen molar-refractivity contribution in [2.24, 2.45) is 11.7 Å². The fourth-order valence-electron chi connectivity index (χ4n) is 3.90. The molecule has 1 saturated heterocycles. The van der Waals surface area contributed by atoms with Crippen molar-refractivity contribution in [2.75, 3.05) is 31.1 Å². The van der Waals surface area contributed by atoms with Crippen LogP contribution in [0.1, 0.15) is 55.3 Å². The number of nitrogens with zero attached hydrogens (tertiary/aromatic N) is 3. The van der Waals surface area contributed by atoms with Crippen LogP contribution in [-0.2, 0) is 4.79 Å². The standard InChI is InChI=1S/C19H28N4O2/c20-19(25)16-7-8-17(21-14-16)22-10-3-11-23(13-12-22)18(24)9-6-15-4-1-2-5-15/h7-8,14-15H,1-6,9-13H2,(H2,20,25). The summed E-state index contributed by atoms with van der Waals surface area (Å²) in [6.45, 7) is 3.20. The van der Waals surface area contributed by atoms with Gasteiger partial charge in [-0.15, -0.1) is 0 Å². The molecule has 0 spiro atoms. The Balaban J connectivity index is 1.50. The van der Waals surface area contributed by atoms with E-state index < -0.39 is 5.91 Å². The van der Waals surface area contributed by atoms with Gasteiger partial charge in [-0.2, -0.15) is 0 Å². The number of pyridine rings is 1. The highest BCUT2D eigenvalue weighted by atomic mass is 16.2. The first-order valence-corrected chi connectivity index (χ1v) is 9.42. The number of hydrogen-bond acceptors (Lipinski definition) is 4. The summed E-state index contributed by atoms with van der Waals surface area (Å²) in [6.07, 6.45) is 9.47. The molecule has 1 aromatic rings. The normalized spacial score (nSPS) is 19.0. The number of rotatable bonds is 5. The van der Waals surface area contributed by atoms with Crippen LogP contribution in [0.5, 0.6) is 0 Å². The van der Waals surface area contributed by atoms with E-state index in [1.807, 2.05) is 11.0 Å². The van der Waals surface area contributed by atoms with Crippen molar-refractivity contribution in [1.82, 2.24) is 9.88 Å². The molecule has 2 amide bonds. The zero-order chi connectivity index (χ0) is 17.6. The number of carbonyl (C=O) groups excluding carboxylic acids is 2. The lowest BCUT2D eigenvalue weighted by atomic mass is 10.0. The number of nitrogens with two attached hydrogens (primary N) is 1. The third kappa shape index (κ3) is 4.71. The van der Waals surface area contributed by atoms with Crippen LogP contribution in [0.4, 0.5) is 5.82 Å². The Labute approximate surface area is 149 Å². The summed E-state index contributed by atoms with van der Waals surface area (Å²) in [5.41, 5.74) is 5.67. The van der Waals surface area contributed by atoms with Gasteiger partial charge in [-0.3, -0.25) is 9.59 Å². The third-order valence-electron chi connectivity index (χ3n) is 5.45. The van der Waals surface area contributed by atoms with E-state index in [4.69, 9.17) is 5.73 Å². The number of anilines is 1. The molecule has 0 aromatic carbocycles. The zero-order valence-electron chi connectivity index (χ0n) is 14.8. The average molecular weight is 344 g/mol. The number of hydrogen-bond donors (Lipinski definition) is 1. The molecular weight excluding hydrogens is 316 g/mol. The molecule has 2 N–H and O–H groups in total. The van der Waals surface area contributed by atoms with E-state index in [2.05, 4.69) is 9.88 Å². The van der Waals surface area contributed by atoms with Gasteiger partial charge in [0.25, 0.3) is 0 Å². The lowest BCUT2D eigenvalue weighted by Gasteiger charge is -2.23. The van der Waals surface area contributed by atoms with Crippen LogP contribution in [0.3, 0.4) is 0 Å². The number of aromatic nitrogens is 1. The molecule has 2 heterocycles. The summed E-state index contributed by atoms with van der Waals surface area (Å²) in [6, 6.07) is 3.54. The second-order valence-electron chi connectivity index (χ2n) is 7.18. The molecule has 2 fully saturated rings. The summed E-state index contributed by atoms with van der Waals surface area (Å²) in [5.74, 6) is 1.44. The third-order valence-corrected chi connectivity index (χ3v) is 5.45. The molecule has 3 rings (SSSR count). The molecule has 136 valence electrons. The Bertz CT molecular complexity index is 596. The maximum atomic E-state index is 12.5. The van der Waals surface area contributed by atoms with Crippen LogP contribution in [0, 0.1) is 5.92 Å². The van der Waals surface area contributed by atoms with Gasteiger partial charge in [0.05, 0.1) is 5.56 Å². The molecular formula is C19H28N4O2. The molecule has 2 aliphatic rings. The Hall–Kier alpha value is -2.11. The highest BCUT2D eigenvalue weighted by Crippen LogP contribution is 2.28. The summed E-state index contributed by atoms with van der Waals surface area (Å²) in [5, 5.41) is 0. The first kappa shape index (κ1) is 17.7. The Morgan fingerprint density at radius 3 is 2.56 bits per heavy atom. The van der Waals surface area contributed by atoms with Gasteiger partial charge in [0.1, 0.15) is 5.82 Å². The molecule has 6 heteroatoms. The summed E-state index contributed by atoms with van der Waals surface area (Å²) < 4.78 is 0. The van der Waals surface area contributed by atoms with E-state index in [9.17, 15) is 9.59 Å². The van der Waals surface area contributed by atoms with E-state index in [0.29, 0.717) is 17.9 Å². The monoisotopic (exact) mass is 344 g/mol. The molecule has 1 aliphatic carbocycles. The molecule has 0 atom stereocenters. The van der Waals surface area contributed by atoms with Crippen molar-refractivity contribution in [2.45, 2.75) is 44.9 Å². The van der Waals surface area contributed by atoms with Gasteiger partial charge in [-0.1, -0.05) is 25.7 Å². The van der Waals surface area contributed by atoms with Crippen LogP contribution in [0.15, 0.2) is 18.3 Å². The van der Waals surface area contributed by atoms with E-state index in [-0.39, 0.29) is 0 Å². The average Bonchev–Trinajstić information content (AvgIpc) is 3.02. The van der Waals surface area contributed by atoms with Gasteiger partial charge in [0.2, 0.25) is 11.8 Å². The van der Waals surface area contributed by atoms with Crippen molar-refractivity contribution < 1.29 is 9.59 Å². The van der Waals surface area contributed by atoms with Gasteiger partial charge >= 0.3 is 0 Å². The van der Waals surface area contributed by atoms with Crippen LogP contribution in [0.25, 0.3) is 0 Å². The quantitative estimate of drug-likeness (QED) is 0.888. The predicted octanol–water partition coefficient (Wildman–Crippen LogP) is 2.19. The molecule has 1 aliphatic heterocycles. The van der Waals surface area contributed by atoms with Gasteiger partial charge in [0, 0.05) is 38.8 Å². The zero-order valence-corrected chi connectivity index (χ0v) is 14.8. The lowest BCUT2D eigenvalue weighted by molar-refractivity contribution is -0.131. The van der Waals surface area contributed by atoms with Gasteiger partial charge in [-0.25, -0.2) is 4.98 Å². The van der Waals surface area contributed by atoms with Crippen molar-refractivity contribution in [3.63, 3.8) is 0 Å². The van der Waals surface area contributed by atoms with Crippen LogP contribution >= 0.6 is 0 Å². The van der Waals surface area contributed by atoms with Crippen molar-refractivity contribution in [3.8, 4) is 0 Å². The molecule has 0 bridgehead atoms. The van der Waals surface area contributed by atoms with Gasteiger partial charge < -0.3 is 15.5 Å². The molecule has 0 unspecified atom stereocenters. The lowest BCUT2D eigenvalue weighted by Crippen LogP contribution is -2.35. The molecule has 25 heavy (non-hydrogen) atoms. The summed E-state index contributed by atoms with van der Waals surface area (Å²) in [7, 11) is 0. The molecule has 0 radical (unpaired) electrons. The van der Waals surface area contributed by atoms with Gasteiger partial charge in [-0.05, 0) is 30.9 Å². The van der Waals surface area contributed by atoms with Crippen molar-refractivity contribution in [1.29, 1.82) is 0 Å². The second-order valence-corrected chi connectivity index (χ2v) is 7.18. The SMILES string of the molecule is NC(=O)c1ccc(N2CCCN(C(=O)CCC3CCCC3)CC2)nc1. The van der Waals surface area contributed by atoms with E-state index in [1.54, 1.807) is 6.07 Å². The van der Waals surface area contributed by atoms with Crippen LogP contribution in [-0.4, -0.2) is 47.9 Å². The molecule has 1 aromatic heterocycles. The Kier molecular flexibility index (Phi) is 5.89. The molecule has 1 saturated carbocycles. The topological polar surface area (TPSA) is 79.5 Å². The van der Waals surface area contributed by atoms with Crippen molar-refractivity contribution >= 4 is 17.6 Å². The van der Waals surface area contributed by atoms with Crippen LogP contribution < -0.4 is 10.6 Å². The smallest absolute Gasteiger partial charge is 0.250 e. The number of amides is 2. The van der Waals surface area contributed by atoms with Crippen molar-refractivity contribution in [3.05, 3.63) is 23.9 Å². The predicted molar refractivity (Wildman–Crippen MR) is 97.4 cm³/mol. The van der Waals surface area contributed by atoms with E-state index in [1.165, 1.54) is 31.9 Å². The fourth-order valence-corrected chi connectivity index (χ4v) is 3.90. The highest BCUT2D eigenvalue weighted by molar-refractivity contribution is 5.92. The maximum Gasteiger partial charge on any atom is 0.250 e. The first-order chi connectivity index (χ1) is 12.1. The minimum Gasteiger partial charge on any atom is -0.366 e. The molecule has 6 nitrogen and oxygen atoms in total. The number of primary amides is 1. The van der Waals surface area contributed by atoms with E-state index >= 15 is 0 Å². The number of carbonyl (C=O) groups is 2. The fraction of sp³-hybridized carbons (Fsp3) is 0.632. The first-order valence-electron chi connectivity index (χ1n) is 9.42. The Morgan fingerprint density at radius 2 is 1.88 bits per heavy atom. The van der Waals surface area contributed by atoms with Gasteiger partial charge in [0.15, 0.2) is 0 Å². The largest absolute Gasteiger partial charge is 0.366 e. The minimum atomic E-state index is -0.464. The van der Waals surface area contributed by atoms with E-state index in [0.717, 1.165) is 50.8 Å².